The number of carbonyl (C=O) groups excluding carboxylic acids is 1. The summed E-state index contributed by atoms with van der Waals surface area (Å²) in [4.78, 5) is 16.6. The summed E-state index contributed by atoms with van der Waals surface area (Å²) in [6.45, 7) is 1.99. The normalized spacial score (nSPS) is 10.4. The number of nitrogens with zero attached hydrogens (tertiary/aromatic N) is 3. The third-order valence-corrected chi connectivity index (χ3v) is 2.87. The molecule has 0 saturated carbocycles. The average molecular weight is 245 g/mol. The summed E-state index contributed by atoms with van der Waals surface area (Å²) < 4.78 is 6.69. The maximum atomic E-state index is 12.5. The first kappa shape index (κ1) is 12.3. The smallest absolute Gasteiger partial charge is 0.215 e. The molecular weight excluding hydrogens is 230 g/mol. The Labute approximate surface area is 105 Å². The number of rotatable bonds is 4. The summed E-state index contributed by atoms with van der Waals surface area (Å²) in [5.41, 5.74) is 2.03. The number of aryl methyl sites for hydroxylation is 2. The molecule has 0 saturated heterocycles. The Kier molecular flexibility index (Phi) is 3.41. The zero-order chi connectivity index (χ0) is 13.1. The van der Waals surface area contributed by atoms with E-state index in [1.807, 2.05) is 6.92 Å². The monoisotopic (exact) mass is 245 g/mol. The Morgan fingerprint density at radius 2 is 2.22 bits per heavy atom. The maximum Gasteiger partial charge on any atom is 0.215 e. The number of methoxy groups -OCH3 is 1. The predicted molar refractivity (Wildman–Crippen MR) is 66.8 cm³/mol. The average Bonchev–Trinajstić information content (AvgIpc) is 2.79. The molecule has 0 amide bonds. The number of hydrogen-bond acceptors (Lipinski definition) is 4. The van der Waals surface area contributed by atoms with Crippen LogP contribution in [0.3, 0.4) is 0 Å². The number of hydrogen-bond donors (Lipinski definition) is 0. The third kappa shape index (κ3) is 1.99. The van der Waals surface area contributed by atoms with Gasteiger partial charge in [0.05, 0.1) is 13.3 Å². The van der Waals surface area contributed by atoms with Crippen molar-refractivity contribution in [2.24, 2.45) is 7.05 Å². The predicted octanol–water partition coefficient (Wildman–Crippen LogP) is 1.62. The molecule has 0 aromatic carbocycles. The van der Waals surface area contributed by atoms with Crippen LogP contribution < -0.4 is 4.74 Å². The van der Waals surface area contributed by atoms with Crippen molar-refractivity contribution in [1.82, 2.24) is 14.8 Å². The molecule has 0 aliphatic carbocycles. The van der Waals surface area contributed by atoms with E-state index in [1.165, 1.54) is 11.8 Å². The van der Waals surface area contributed by atoms with Crippen LogP contribution in [0.4, 0.5) is 0 Å². The fraction of sp³-hybridized carbons (Fsp3) is 0.308. The molecule has 0 bridgehead atoms. The molecule has 2 rings (SSSR count). The van der Waals surface area contributed by atoms with Crippen molar-refractivity contribution in [2.45, 2.75) is 13.3 Å². The van der Waals surface area contributed by atoms with Crippen molar-refractivity contribution in [3.05, 3.63) is 41.5 Å². The summed E-state index contributed by atoms with van der Waals surface area (Å²) in [5.74, 6) is 0.396. The Hall–Kier alpha value is -2.17. The fourth-order valence-electron chi connectivity index (χ4n) is 1.88. The van der Waals surface area contributed by atoms with Gasteiger partial charge in [0.1, 0.15) is 0 Å². The van der Waals surface area contributed by atoms with Crippen molar-refractivity contribution in [3.63, 3.8) is 0 Å². The topological polar surface area (TPSA) is 57.0 Å². The van der Waals surface area contributed by atoms with E-state index in [9.17, 15) is 4.79 Å². The van der Waals surface area contributed by atoms with E-state index in [2.05, 4.69) is 10.1 Å². The lowest BCUT2D eigenvalue weighted by molar-refractivity contribution is 0.102. The van der Waals surface area contributed by atoms with Crippen LogP contribution in [0, 0.1) is 0 Å². The third-order valence-electron chi connectivity index (χ3n) is 2.87. The molecule has 18 heavy (non-hydrogen) atoms. The number of aromatic nitrogens is 3. The summed E-state index contributed by atoms with van der Waals surface area (Å²) in [7, 11) is 3.25. The highest BCUT2D eigenvalue weighted by Crippen LogP contribution is 2.22. The van der Waals surface area contributed by atoms with Crippen LogP contribution in [0.2, 0.25) is 0 Å². The van der Waals surface area contributed by atoms with Gasteiger partial charge >= 0.3 is 0 Å². The molecular formula is C13H15N3O2. The van der Waals surface area contributed by atoms with Gasteiger partial charge in [0.2, 0.25) is 5.78 Å². The van der Waals surface area contributed by atoms with Crippen molar-refractivity contribution in [2.75, 3.05) is 7.11 Å². The van der Waals surface area contributed by atoms with Crippen LogP contribution in [0.15, 0.2) is 24.7 Å². The van der Waals surface area contributed by atoms with E-state index >= 15 is 0 Å². The number of ether oxygens (including phenoxy) is 1. The van der Waals surface area contributed by atoms with Crippen molar-refractivity contribution < 1.29 is 9.53 Å². The molecule has 0 radical (unpaired) electrons. The van der Waals surface area contributed by atoms with Gasteiger partial charge in [-0.25, -0.2) is 0 Å². The van der Waals surface area contributed by atoms with Crippen LogP contribution in [0.25, 0.3) is 0 Å². The number of carbonyl (C=O) groups is 1. The van der Waals surface area contributed by atoms with Gasteiger partial charge in [0.25, 0.3) is 0 Å². The molecule has 0 aliphatic heterocycles. The van der Waals surface area contributed by atoms with E-state index in [0.29, 0.717) is 17.0 Å². The molecule has 0 fully saturated rings. The summed E-state index contributed by atoms with van der Waals surface area (Å²) in [5, 5.41) is 4.04. The van der Waals surface area contributed by atoms with Gasteiger partial charge in [-0.2, -0.15) is 5.10 Å². The summed E-state index contributed by atoms with van der Waals surface area (Å²) in [6.07, 6.45) is 5.64. The van der Waals surface area contributed by atoms with Gasteiger partial charge in [-0.1, -0.05) is 6.92 Å². The molecule has 0 atom stereocenters. The molecule has 0 unspecified atom stereocenters. The van der Waals surface area contributed by atoms with Crippen LogP contribution in [0.1, 0.15) is 28.5 Å². The second-order valence-electron chi connectivity index (χ2n) is 3.90. The lowest BCUT2D eigenvalue weighted by atomic mass is 10.0. The highest BCUT2D eigenvalue weighted by atomic mass is 16.5. The molecule has 2 aromatic rings. The minimum Gasteiger partial charge on any atom is -0.493 e. The highest BCUT2D eigenvalue weighted by molar-refractivity contribution is 6.10. The SMILES string of the molecule is CCc1cnccc1C(=O)c1c(OC)cnn1C. The van der Waals surface area contributed by atoms with Crippen LogP contribution >= 0.6 is 0 Å². The van der Waals surface area contributed by atoms with Crippen molar-refractivity contribution in [3.8, 4) is 5.75 Å². The molecule has 94 valence electrons. The van der Waals surface area contributed by atoms with E-state index in [1.54, 1.807) is 31.7 Å². The first-order valence-corrected chi connectivity index (χ1v) is 5.72. The minimum atomic E-state index is -0.0916. The molecule has 5 heteroatoms. The second kappa shape index (κ2) is 5.00. The molecule has 2 aromatic heterocycles. The second-order valence-corrected chi connectivity index (χ2v) is 3.90. The number of ketones is 1. The molecule has 2 heterocycles. The molecule has 0 spiro atoms. The lowest BCUT2D eigenvalue weighted by Gasteiger charge is -2.07. The minimum absolute atomic E-state index is 0.0916. The number of pyridine rings is 1. The van der Waals surface area contributed by atoms with E-state index in [0.717, 1.165) is 12.0 Å². The Morgan fingerprint density at radius 3 is 2.89 bits per heavy atom. The Bertz CT molecular complexity index is 575. The summed E-state index contributed by atoms with van der Waals surface area (Å²) in [6, 6.07) is 1.73. The Balaban J connectivity index is 2.51. The van der Waals surface area contributed by atoms with Gasteiger partial charge in [-0.3, -0.25) is 14.5 Å². The fourth-order valence-corrected chi connectivity index (χ4v) is 1.88. The van der Waals surface area contributed by atoms with Crippen LogP contribution in [-0.4, -0.2) is 27.7 Å². The van der Waals surface area contributed by atoms with Crippen molar-refractivity contribution in [1.29, 1.82) is 0 Å². The van der Waals surface area contributed by atoms with Gasteiger partial charge in [0.15, 0.2) is 11.4 Å². The van der Waals surface area contributed by atoms with E-state index in [4.69, 9.17) is 4.74 Å². The molecule has 0 aliphatic rings. The zero-order valence-corrected chi connectivity index (χ0v) is 10.7. The quantitative estimate of drug-likeness (QED) is 0.768. The van der Waals surface area contributed by atoms with Gasteiger partial charge in [0, 0.05) is 25.0 Å². The van der Waals surface area contributed by atoms with Crippen LogP contribution in [0.5, 0.6) is 5.75 Å². The highest BCUT2D eigenvalue weighted by Gasteiger charge is 2.21. The van der Waals surface area contributed by atoms with Gasteiger partial charge < -0.3 is 4.74 Å². The van der Waals surface area contributed by atoms with Gasteiger partial charge in [-0.05, 0) is 18.1 Å². The van der Waals surface area contributed by atoms with E-state index in [-0.39, 0.29) is 5.78 Å². The van der Waals surface area contributed by atoms with Crippen molar-refractivity contribution >= 4 is 5.78 Å². The molecule has 5 nitrogen and oxygen atoms in total. The van der Waals surface area contributed by atoms with Crippen LogP contribution in [-0.2, 0) is 13.5 Å². The van der Waals surface area contributed by atoms with E-state index < -0.39 is 0 Å². The maximum absolute atomic E-state index is 12.5. The molecule has 0 N–H and O–H groups in total. The Morgan fingerprint density at radius 1 is 1.44 bits per heavy atom. The first-order chi connectivity index (χ1) is 8.69. The standard InChI is InChI=1S/C13H15N3O2/c1-4-9-7-14-6-5-10(9)13(17)12-11(18-3)8-15-16(12)2/h5-8H,4H2,1-3H3. The zero-order valence-electron chi connectivity index (χ0n) is 10.7. The first-order valence-electron chi connectivity index (χ1n) is 5.72. The van der Waals surface area contributed by atoms with Gasteiger partial charge in [-0.15, -0.1) is 0 Å². The summed E-state index contributed by atoms with van der Waals surface area (Å²) >= 11 is 0. The lowest BCUT2D eigenvalue weighted by Crippen LogP contribution is -2.12. The largest absolute Gasteiger partial charge is 0.493 e.